The van der Waals surface area contributed by atoms with Gasteiger partial charge in [-0.15, -0.1) is 12.4 Å². The molecule has 1 aliphatic rings. The first-order valence-electron chi connectivity index (χ1n) is 10.6. The Balaban J connectivity index is 0.00000306. The molecule has 1 saturated heterocycles. The maximum atomic E-state index is 6.14. The fourth-order valence-corrected chi connectivity index (χ4v) is 3.99. The molecule has 178 valence electrons. The minimum absolute atomic E-state index is 0. The molecule has 7 nitrogen and oxygen atoms in total. The third kappa shape index (κ3) is 6.31. The van der Waals surface area contributed by atoms with Crippen molar-refractivity contribution in [2.45, 2.75) is 19.4 Å². The van der Waals surface area contributed by atoms with Gasteiger partial charge in [0.15, 0.2) is 11.5 Å². The Hall–Kier alpha value is -2.03. The molecule has 1 aliphatic heterocycles. The van der Waals surface area contributed by atoms with Gasteiger partial charge in [-0.1, -0.05) is 30.1 Å². The third-order valence-electron chi connectivity index (χ3n) is 5.41. The first kappa shape index (κ1) is 25.6. The molecule has 1 unspecified atom stereocenters. The Morgan fingerprint density at radius 3 is 2.76 bits per heavy atom. The van der Waals surface area contributed by atoms with Crippen LogP contribution in [0.3, 0.4) is 0 Å². The largest absolute Gasteiger partial charge is 0.493 e. The summed E-state index contributed by atoms with van der Waals surface area (Å²) in [6.45, 7) is 6.27. The fraction of sp³-hybridized carbons (Fsp3) is 0.391. The Bertz CT molecular complexity index is 1090. The number of fused-ring (bicyclic) bond motifs is 1. The molecule has 1 N–H and O–H groups in total. The van der Waals surface area contributed by atoms with Crippen LogP contribution in [-0.2, 0) is 4.74 Å². The number of hydrogen-bond donors (Lipinski definition) is 1. The molecule has 0 radical (unpaired) electrons. The van der Waals surface area contributed by atoms with Crippen LogP contribution in [0, 0.1) is 0 Å². The highest BCUT2D eigenvalue weighted by Crippen LogP contribution is 2.35. The van der Waals surface area contributed by atoms with Gasteiger partial charge in [-0.2, -0.15) is 0 Å². The van der Waals surface area contributed by atoms with Gasteiger partial charge in [-0.3, -0.25) is 0 Å². The van der Waals surface area contributed by atoms with Crippen molar-refractivity contribution in [2.75, 3.05) is 45.3 Å². The number of methoxy groups -OCH3 is 1. The number of nitrogens with one attached hydrogen (secondary N) is 1. The van der Waals surface area contributed by atoms with E-state index in [2.05, 4.69) is 27.1 Å². The molecule has 0 aliphatic carbocycles. The molecule has 2 aromatic carbocycles. The van der Waals surface area contributed by atoms with Crippen LogP contribution in [0.5, 0.6) is 11.5 Å². The van der Waals surface area contributed by atoms with Crippen molar-refractivity contribution in [1.82, 2.24) is 14.9 Å². The predicted molar refractivity (Wildman–Crippen MR) is 135 cm³/mol. The topological polar surface area (TPSA) is 68.7 Å². The van der Waals surface area contributed by atoms with Crippen LogP contribution in [0.2, 0.25) is 10.0 Å². The quantitative estimate of drug-likeness (QED) is 0.441. The molecule has 0 spiro atoms. The van der Waals surface area contributed by atoms with Crippen molar-refractivity contribution in [3.8, 4) is 11.5 Å². The molecule has 1 atom stereocenters. The van der Waals surface area contributed by atoms with Crippen LogP contribution in [0.25, 0.3) is 10.9 Å². The minimum Gasteiger partial charge on any atom is -0.493 e. The van der Waals surface area contributed by atoms with Gasteiger partial charge < -0.3 is 24.4 Å². The Morgan fingerprint density at radius 1 is 1.15 bits per heavy atom. The van der Waals surface area contributed by atoms with E-state index >= 15 is 0 Å². The Kier molecular flexibility index (Phi) is 9.23. The molecule has 33 heavy (non-hydrogen) atoms. The number of benzene rings is 2. The van der Waals surface area contributed by atoms with Crippen LogP contribution in [-0.4, -0.2) is 60.9 Å². The van der Waals surface area contributed by atoms with Crippen molar-refractivity contribution in [3.05, 3.63) is 46.7 Å². The lowest BCUT2D eigenvalue weighted by Gasteiger charge is -2.22. The maximum absolute atomic E-state index is 6.14. The summed E-state index contributed by atoms with van der Waals surface area (Å²) in [5.74, 6) is 1.85. The van der Waals surface area contributed by atoms with Gasteiger partial charge in [-0.25, -0.2) is 9.97 Å². The molecule has 4 rings (SSSR count). The lowest BCUT2D eigenvalue weighted by molar-refractivity contribution is 0.0209. The van der Waals surface area contributed by atoms with E-state index in [0.717, 1.165) is 49.3 Å². The van der Waals surface area contributed by atoms with Crippen LogP contribution >= 0.6 is 35.6 Å². The Labute approximate surface area is 209 Å². The van der Waals surface area contributed by atoms with Crippen LogP contribution in [0.15, 0.2) is 36.7 Å². The average molecular weight is 514 g/mol. The maximum Gasteiger partial charge on any atom is 0.163 e. The van der Waals surface area contributed by atoms with Crippen molar-refractivity contribution in [2.24, 2.45) is 0 Å². The van der Waals surface area contributed by atoms with E-state index in [1.165, 1.54) is 6.33 Å². The molecule has 0 bridgehead atoms. The lowest BCUT2D eigenvalue weighted by atomic mass is 10.2. The summed E-state index contributed by atoms with van der Waals surface area (Å²) in [5.41, 5.74) is 1.50. The fourth-order valence-electron chi connectivity index (χ4n) is 3.69. The number of nitrogens with zero attached hydrogens (tertiary/aromatic N) is 3. The van der Waals surface area contributed by atoms with E-state index < -0.39 is 0 Å². The second-order valence-electron chi connectivity index (χ2n) is 7.55. The first-order chi connectivity index (χ1) is 15.6. The van der Waals surface area contributed by atoms with E-state index in [4.69, 9.17) is 37.4 Å². The van der Waals surface area contributed by atoms with Gasteiger partial charge >= 0.3 is 0 Å². The highest BCUT2D eigenvalue weighted by atomic mass is 35.5. The molecular formula is C23H27Cl3N4O3. The zero-order valence-corrected chi connectivity index (χ0v) is 20.8. The monoisotopic (exact) mass is 512 g/mol. The number of likely N-dealkylation sites (N-methyl/N-ethyl adjacent to an activating group) is 1. The minimum atomic E-state index is 0. The second-order valence-corrected chi connectivity index (χ2v) is 8.36. The number of halogens is 3. The number of rotatable bonds is 7. The molecule has 0 saturated carbocycles. The summed E-state index contributed by atoms with van der Waals surface area (Å²) in [7, 11) is 1.62. The SMILES string of the molecule is CCN1CCCOC(COc2cc3ncnc(Nc4ccc(Cl)c(Cl)c4)c3cc2OC)C1.Cl. The smallest absolute Gasteiger partial charge is 0.163 e. The van der Waals surface area contributed by atoms with E-state index in [0.29, 0.717) is 34.0 Å². The summed E-state index contributed by atoms with van der Waals surface area (Å²) in [6, 6.07) is 9.06. The molecule has 0 amide bonds. The van der Waals surface area contributed by atoms with Crippen molar-refractivity contribution >= 4 is 58.0 Å². The summed E-state index contributed by atoms with van der Waals surface area (Å²) < 4.78 is 17.7. The molecule has 1 aromatic heterocycles. The lowest BCUT2D eigenvalue weighted by Crippen LogP contribution is -2.35. The van der Waals surface area contributed by atoms with Crippen molar-refractivity contribution in [3.63, 3.8) is 0 Å². The van der Waals surface area contributed by atoms with Gasteiger partial charge in [0.25, 0.3) is 0 Å². The molecule has 3 aromatic rings. The van der Waals surface area contributed by atoms with Gasteiger partial charge in [0.2, 0.25) is 0 Å². The van der Waals surface area contributed by atoms with E-state index in [9.17, 15) is 0 Å². The zero-order valence-electron chi connectivity index (χ0n) is 18.5. The van der Waals surface area contributed by atoms with Crippen molar-refractivity contribution in [1.29, 1.82) is 0 Å². The summed E-state index contributed by atoms with van der Waals surface area (Å²) in [6.07, 6.45) is 2.55. The highest BCUT2D eigenvalue weighted by Gasteiger charge is 2.20. The summed E-state index contributed by atoms with van der Waals surface area (Å²) >= 11 is 12.2. The first-order valence-corrected chi connectivity index (χ1v) is 11.3. The molecule has 10 heteroatoms. The number of aromatic nitrogens is 2. The van der Waals surface area contributed by atoms with Gasteiger partial charge in [0, 0.05) is 36.8 Å². The third-order valence-corrected chi connectivity index (χ3v) is 6.15. The van der Waals surface area contributed by atoms with E-state index in [-0.39, 0.29) is 18.5 Å². The Morgan fingerprint density at radius 2 is 2.00 bits per heavy atom. The highest BCUT2D eigenvalue weighted by molar-refractivity contribution is 6.42. The van der Waals surface area contributed by atoms with Crippen molar-refractivity contribution < 1.29 is 14.2 Å². The standard InChI is InChI=1S/C23H26Cl2N4O3.ClH/c1-3-29-7-4-8-31-16(12-29)13-32-22-11-20-17(10-21(22)30-2)23(27-14-26-20)28-15-5-6-18(24)19(25)9-15;/h5-6,9-11,14,16H,3-4,7-8,12-13H2,1-2H3,(H,26,27,28);1H. The number of hydrogen-bond acceptors (Lipinski definition) is 7. The summed E-state index contributed by atoms with van der Waals surface area (Å²) in [5, 5.41) is 5.03. The molecular weight excluding hydrogens is 487 g/mol. The van der Waals surface area contributed by atoms with Crippen LogP contribution < -0.4 is 14.8 Å². The van der Waals surface area contributed by atoms with Crippen LogP contribution in [0.1, 0.15) is 13.3 Å². The normalized spacial score (nSPS) is 16.7. The molecule has 1 fully saturated rings. The zero-order chi connectivity index (χ0) is 22.5. The molecule has 2 heterocycles. The van der Waals surface area contributed by atoms with Gasteiger partial charge in [0.1, 0.15) is 24.9 Å². The number of ether oxygens (including phenoxy) is 3. The van der Waals surface area contributed by atoms with Gasteiger partial charge in [-0.05, 0) is 37.2 Å². The summed E-state index contributed by atoms with van der Waals surface area (Å²) in [4.78, 5) is 11.2. The predicted octanol–water partition coefficient (Wildman–Crippen LogP) is 5.60. The van der Waals surface area contributed by atoms with E-state index in [1.54, 1.807) is 19.2 Å². The van der Waals surface area contributed by atoms with Gasteiger partial charge in [0.05, 0.1) is 22.7 Å². The van der Waals surface area contributed by atoms with Crippen LogP contribution in [0.4, 0.5) is 11.5 Å². The average Bonchev–Trinajstić information content (AvgIpc) is 3.05. The number of anilines is 2. The van der Waals surface area contributed by atoms with E-state index in [1.807, 2.05) is 18.2 Å². The second kappa shape index (κ2) is 11.9.